The second-order valence-corrected chi connectivity index (χ2v) is 5.67. The minimum Gasteiger partial charge on any atom is -0.466 e. The molecule has 0 aromatic carbocycles. The molecule has 2 rings (SSSR count). The molecule has 1 amide bonds. The van der Waals surface area contributed by atoms with Crippen LogP contribution < -0.4 is 0 Å². The second kappa shape index (κ2) is 5.35. The van der Waals surface area contributed by atoms with E-state index in [0.717, 1.165) is 31.4 Å². The van der Waals surface area contributed by atoms with Gasteiger partial charge in [-0.15, -0.1) is 11.6 Å². The number of amides is 1. The van der Waals surface area contributed by atoms with Gasteiger partial charge in [-0.25, -0.2) is 0 Å². The lowest BCUT2D eigenvalue weighted by Crippen LogP contribution is -2.44. The Bertz CT molecular complexity index is 441. The third-order valence-corrected chi connectivity index (χ3v) is 4.25. The van der Waals surface area contributed by atoms with Crippen LogP contribution in [0.25, 0.3) is 0 Å². The predicted octanol–water partition coefficient (Wildman–Crippen LogP) is 3.52. The number of carbonyl (C=O) groups is 1. The molecule has 0 aliphatic heterocycles. The van der Waals surface area contributed by atoms with E-state index in [1.165, 1.54) is 0 Å². The molecule has 100 valence electrons. The van der Waals surface area contributed by atoms with Gasteiger partial charge in [-0.05, 0) is 32.8 Å². The van der Waals surface area contributed by atoms with Crippen LogP contribution in [0.15, 0.2) is 10.5 Å². The van der Waals surface area contributed by atoms with Crippen LogP contribution in [-0.4, -0.2) is 29.3 Å². The Morgan fingerprint density at radius 2 is 2.06 bits per heavy atom. The van der Waals surface area contributed by atoms with Gasteiger partial charge in [-0.2, -0.15) is 0 Å². The third kappa shape index (κ3) is 2.56. The highest BCUT2D eigenvalue weighted by Gasteiger charge is 2.31. The van der Waals surface area contributed by atoms with E-state index in [9.17, 15) is 4.79 Å². The number of hydrogen-bond donors (Lipinski definition) is 0. The van der Waals surface area contributed by atoms with Crippen LogP contribution in [0.5, 0.6) is 0 Å². The Balaban J connectivity index is 2.15. The molecule has 0 N–H and O–H groups in total. The number of aryl methyl sites for hydroxylation is 2. The zero-order chi connectivity index (χ0) is 13.3. The van der Waals surface area contributed by atoms with E-state index in [2.05, 4.69) is 0 Å². The molecule has 3 nitrogen and oxygen atoms in total. The van der Waals surface area contributed by atoms with Gasteiger partial charge in [0, 0.05) is 13.1 Å². The Labute approximate surface area is 113 Å². The summed E-state index contributed by atoms with van der Waals surface area (Å²) >= 11 is 6.34. The Morgan fingerprint density at radius 3 is 2.61 bits per heavy atom. The number of hydrogen-bond acceptors (Lipinski definition) is 2. The Morgan fingerprint density at radius 1 is 1.39 bits per heavy atom. The van der Waals surface area contributed by atoms with Gasteiger partial charge < -0.3 is 9.32 Å². The SMILES string of the molecule is Cc1cc(C(=O)N(C)C2CCCCC2Cl)c(C)o1. The van der Waals surface area contributed by atoms with Crippen molar-refractivity contribution in [1.29, 1.82) is 0 Å². The van der Waals surface area contributed by atoms with E-state index in [1.807, 2.05) is 20.9 Å². The fourth-order valence-electron chi connectivity index (χ4n) is 2.69. The lowest BCUT2D eigenvalue weighted by atomic mass is 9.93. The van der Waals surface area contributed by atoms with Crippen molar-refractivity contribution < 1.29 is 9.21 Å². The van der Waals surface area contributed by atoms with Gasteiger partial charge in [0.25, 0.3) is 5.91 Å². The van der Waals surface area contributed by atoms with Crippen molar-refractivity contribution in [3.63, 3.8) is 0 Å². The van der Waals surface area contributed by atoms with Crippen molar-refractivity contribution in [3.8, 4) is 0 Å². The molecule has 2 unspecified atom stereocenters. The first-order chi connectivity index (χ1) is 8.50. The highest BCUT2D eigenvalue weighted by atomic mass is 35.5. The molecule has 4 heteroatoms. The molecule has 1 saturated carbocycles. The first kappa shape index (κ1) is 13.5. The second-order valence-electron chi connectivity index (χ2n) is 5.11. The standard InChI is InChI=1S/C14H20ClNO2/c1-9-8-11(10(2)18-9)14(17)16(3)13-7-5-4-6-12(13)15/h8,12-13H,4-7H2,1-3H3. The molecule has 1 heterocycles. The largest absolute Gasteiger partial charge is 0.466 e. The molecule has 1 aliphatic rings. The normalized spacial score (nSPS) is 24.0. The van der Waals surface area contributed by atoms with E-state index in [1.54, 1.807) is 11.0 Å². The van der Waals surface area contributed by atoms with Gasteiger partial charge >= 0.3 is 0 Å². The molecule has 2 atom stereocenters. The number of halogens is 1. The quantitative estimate of drug-likeness (QED) is 0.770. The van der Waals surface area contributed by atoms with Crippen LogP contribution in [0.4, 0.5) is 0 Å². The van der Waals surface area contributed by atoms with Crippen molar-refractivity contribution in [2.24, 2.45) is 0 Å². The van der Waals surface area contributed by atoms with E-state index in [-0.39, 0.29) is 17.3 Å². The van der Waals surface area contributed by atoms with Crippen molar-refractivity contribution in [1.82, 2.24) is 4.90 Å². The summed E-state index contributed by atoms with van der Waals surface area (Å²) in [6.07, 6.45) is 4.30. The van der Waals surface area contributed by atoms with Gasteiger partial charge in [0.1, 0.15) is 11.5 Å². The van der Waals surface area contributed by atoms with Crippen LogP contribution >= 0.6 is 11.6 Å². The highest BCUT2D eigenvalue weighted by molar-refractivity contribution is 6.21. The van der Waals surface area contributed by atoms with Gasteiger partial charge in [0.05, 0.1) is 10.9 Å². The molecule has 1 fully saturated rings. The van der Waals surface area contributed by atoms with Crippen molar-refractivity contribution in [2.75, 3.05) is 7.05 Å². The summed E-state index contributed by atoms with van der Waals surface area (Å²) in [6, 6.07) is 1.95. The third-order valence-electron chi connectivity index (χ3n) is 3.74. The predicted molar refractivity (Wildman–Crippen MR) is 72.2 cm³/mol. The van der Waals surface area contributed by atoms with Crippen molar-refractivity contribution in [3.05, 3.63) is 23.2 Å². The number of rotatable bonds is 2. The molecular formula is C14H20ClNO2. The highest BCUT2D eigenvalue weighted by Crippen LogP contribution is 2.28. The number of nitrogens with zero attached hydrogens (tertiary/aromatic N) is 1. The van der Waals surface area contributed by atoms with Gasteiger partial charge in [-0.1, -0.05) is 12.8 Å². The van der Waals surface area contributed by atoms with E-state index in [4.69, 9.17) is 16.0 Å². The maximum absolute atomic E-state index is 12.4. The topological polar surface area (TPSA) is 33.5 Å². The van der Waals surface area contributed by atoms with E-state index < -0.39 is 0 Å². The molecular weight excluding hydrogens is 250 g/mol. The monoisotopic (exact) mass is 269 g/mol. The fraction of sp³-hybridized carbons (Fsp3) is 0.643. The molecule has 1 aliphatic carbocycles. The lowest BCUT2D eigenvalue weighted by molar-refractivity contribution is 0.0698. The van der Waals surface area contributed by atoms with Crippen LogP contribution in [0, 0.1) is 13.8 Å². The summed E-state index contributed by atoms with van der Waals surface area (Å²) in [5.74, 6) is 1.48. The molecule has 0 bridgehead atoms. The summed E-state index contributed by atoms with van der Waals surface area (Å²) in [5.41, 5.74) is 0.657. The molecule has 0 saturated heterocycles. The maximum atomic E-state index is 12.4. The molecule has 1 aromatic heterocycles. The van der Waals surface area contributed by atoms with Crippen LogP contribution in [0.2, 0.25) is 0 Å². The number of carbonyl (C=O) groups excluding carboxylic acids is 1. The first-order valence-electron chi connectivity index (χ1n) is 6.49. The molecule has 18 heavy (non-hydrogen) atoms. The molecule has 0 spiro atoms. The van der Waals surface area contributed by atoms with Crippen molar-refractivity contribution in [2.45, 2.75) is 50.9 Å². The van der Waals surface area contributed by atoms with Gasteiger partial charge in [0.2, 0.25) is 0 Å². The smallest absolute Gasteiger partial charge is 0.257 e. The van der Waals surface area contributed by atoms with Crippen LogP contribution in [0.3, 0.4) is 0 Å². The lowest BCUT2D eigenvalue weighted by Gasteiger charge is -2.34. The van der Waals surface area contributed by atoms with E-state index in [0.29, 0.717) is 11.3 Å². The maximum Gasteiger partial charge on any atom is 0.257 e. The number of furan rings is 1. The zero-order valence-electron chi connectivity index (χ0n) is 11.2. The number of alkyl halides is 1. The fourth-order valence-corrected chi connectivity index (χ4v) is 3.14. The average molecular weight is 270 g/mol. The van der Waals surface area contributed by atoms with Crippen molar-refractivity contribution >= 4 is 17.5 Å². The minimum atomic E-state index is 0.0156. The summed E-state index contributed by atoms with van der Waals surface area (Å²) in [4.78, 5) is 14.2. The minimum absolute atomic E-state index is 0.0156. The summed E-state index contributed by atoms with van der Waals surface area (Å²) in [7, 11) is 1.84. The van der Waals surface area contributed by atoms with Crippen LogP contribution in [0.1, 0.15) is 47.6 Å². The summed E-state index contributed by atoms with van der Waals surface area (Å²) in [6.45, 7) is 3.68. The van der Waals surface area contributed by atoms with E-state index >= 15 is 0 Å². The molecule has 1 aromatic rings. The molecule has 0 radical (unpaired) electrons. The first-order valence-corrected chi connectivity index (χ1v) is 6.92. The Hall–Kier alpha value is -0.960. The summed E-state index contributed by atoms with van der Waals surface area (Å²) < 4.78 is 5.42. The summed E-state index contributed by atoms with van der Waals surface area (Å²) in [5, 5.41) is 0.0704. The van der Waals surface area contributed by atoms with Gasteiger partial charge in [0.15, 0.2) is 0 Å². The average Bonchev–Trinajstić information content (AvgIpc) is 2.67. The Kier molecular flexibility index (Phi) is 4.00. The van der Waals surface area contributed by atoms with Crippen LogP contribution in [-0.2, 0) is 0 Å². The zero-order valence-corrected chi connectivity index (χ0v) is 12.0. The van der Waals surface area contributed by atoms with Gasteiger partial charge in [-0.3, -0.25) is 4.79 Å².